The van der Waals surface area contributed by atoms with E-state index in [1.807, 2.05) is 24.3 Å². The highest BCUT2D eigenvalue weighted by Crippen LogP contribution is 2.44. The van der Waals surface area contributed by atoms with Gasteiger partial charge >= 0.3 is 0 Å². The summed E-state index contributed by atoms with van der Waals surface area (Å²) in [6, 6.07) is 25.1. The van der Waals surface area contributed by atoms with Crippen molar-refractivity contribution in [2.24, 2.45) is 0 Å². The third-order valence-corrected chi connectivity index (χ3v) is 7.23. The number of carbonyl (C=O) groups is 1. The Morgan fingerprint density at radius 2 is 1.58 bits per heavy atom. The third-order valence-electron chi connectivity index (χ3n) is 6.74. The second-order valence-electron chi connectivity index (χ2n) is 10.1. The lowest BCUT2D eigenvalue weighted by Crippen LogP contribution is -2.27. The number of hydrogen-bond acceptors (Lipinski definition) is 3. The number of halogens is 1. The van der Waals surface area contributed by atoms with Crippen molar-refractivity contribution in [3.8, 4) is 0 Å². The molecule has 2 atom stereocenters. The molecule has 0 bridgehead atoms. The Morgan fingerprint density at radius 1 is 0.848 bits per heavy atom. The van der Waals surface area contributed by atoms with Crippen LogP contribution >= 0.6 is 15.9 Å². The second kappa shape index (κ2) is 8.49. The molecule has 0 radical (unpaired) electrons. The zero-order valence-corrected chi connectivity index (χ0v) is 20.9. The molecule has 2 aliphatic rings. The normalized spacial score (nSPS) is 20.3. The molecule has 168 valence electrons. The van der Waals surface area contributed by atoms with Gasteiger partial charge < -0.3 is 10.6 Å². The van der Waals surface area contributed by atoms with Gasteiger partial charge in [-0.3, -0.25) is 4.79 Å². The highest BCUT2D eigenvalue weighted by atomic mass is 79.9. The second-order valence-corrected chi connectivity index (χ2v) is 11.0. The molecule has 0 fully saturated rings. The Bertz CT molecular complexity index is 1240. The van der Waals surface area contributed by atoms with Crippen molar-refractivity contribution < 1.29 is 4.79 Å². The number of benzene rings is 3. The number of ketones is 1. The minimum absolute atomic E-state index is 0.117. The average Bonchev–Trinajstić information content (AvgIpc) is 2.95. The molecule has 0 saturated heterocycles. The molecular weight excluding hydrogens is 472 g/mol. The Morgan fingerprint density at radius 3 is 2.27 bits per heavy atom. The number of anilines is 2. The molecule has 3 nitrogen and oxygen atoms in total. The van der Waals surface area contributed by atoms with Gasteiger partial charge in [0.2, 0.25) is 0 Å². The molecule has 4 heteroatoms. The molecule has 3 aromatic carbocycles. The van der Waals surface area contributed by atoms with Gasteiger partial charge in [-0.2, -0.15) is 0 Å². The monoisotopic (exact) mass is 500 g/mol. The number of nitrogens with one attached hydrogen (secondary N) is 2. The highest BCUT2D eigenvalue weighted by molar-refractivity contribution is 9.10. The van der Waals surface area contributed by atoms with Gasteiger partial charge in [0.25, 0.3) is 0 Å². The summed E-state index contributed by atoms with van der Waals surface area (Å²) in [5.41, 5.74) is 7.64. The van der Waals surface area contributed by atoms with Crippen molar-refractivity contribution in [2.45, 2.75) is 51.0 Å². The van der Waals surface area contributed by atoms with Crippen molar-refractivity contribution in [2.75, 3.05) is 10.6 Å². The Hall–Kier alpha value is -2.85. The minimum Gasteiger partial charge on any atom is -0.372 e. The predicted molar refractivity (Wildman–Crippen MR) is 140 cm³/mol. The fourth-order valence-corrected chi connectivity index (χ4v) is 5.34. The smallest absolute Gasteiger partial charge is 0.163 e. The zero-order chi connectivity index (χ0) is 23.2. The summed E-state index contributed by atoms with van der Waals surface area (Å²) in [6.45, 7) is 6.68. The maximum atomic E-state index is 13.7. The molecule has 2 unspecified atom stereocenters. The summed E-state index contributed by atoms with van der Waals surface area (Å²) in [5, 5.41) is 7.28. The molecule has 2 N–H and O–H groups in total. The molecule has 1 heterocycles. The van der Waals surface area contributed by atoms with E-state index in [9.17, 15) is 4.79 Å². The Kier molecular flexibility index (Phi) is 5.65. The molecular formula is C29H29BrN2O. The van der Waals surface area contributed by atoms with Crippen molar-refractivity contribution in [3.05, 3.63) is 105 Å². The topological polar surface area (TPSA) is 41.1 Å². The largest absolute Gasteiger partial charge is 0.372 e. The molecule has 1 aliphatic heterocycles. The van der Waals surface area contributed by atoms with Crippen LogP contribution in [0.1, 0.15) is 62.3 Å². The SMILES string of the molecule is CC(C)(C)c1ccc(C2CC(=O)C3=C(C2)Nc2ccccc2NC3c2cccc(Br)c2)cc1. The molecule has 1 aliphatic carbocycles. The fraction of sp³-hybridized carbons (Fsp3) is 0.276. The number of carbonyl (C=O) groups excluding carboxylic acids is 1. The predicted octanol–water partition coefficient (Wildman–Crippen LogP) is 7.73. The van der Waals surface area contributed by atoms with E-state index < -0.39 is 0 Å². The van der Waals surface area contributed by atoms with Crippen LogP contribution in [0.3, 0.4) is 0 Å². The van der Waals surface area contributed by atoms with Crippen LogP contribution in [0.5, 0.6) is 0 Å². The van der Waals surface area contributed by atoms with Crippen LogP contribution in [-0.4, -0.2) is 5.78 Å². The van der Waals surface area contributed by atoms with Crippen LogP contribution in [0.15, 0.2) is 88.5 Å². The van der Waals surface area contributed by atoms with E-state index in [1.165, 1.54) is 11.1 Å². The maximum Gasteiger partial charge on any atom is 0.163 e. The molecule has 0 amide bonds. The lowest BCUT2D eigenvalue weighted by molar-refractivity contribution is -0.116. The van der Waals surface area contributed by atoms with E-state index in [1.54, 1.807) is 0 Å². The van der Waals surface area contributed by atoms with E-state index in [0.717, 1.165) is 39.1 Å². The first-order valence-corrected chi connectivity index (χ1v) is 12.3. The number of hydrogen-bond donors (Lipinski definition) is 2. The first-order chi connectivity index (χ1) is 15.8. The first kappa shape index (κ1) is 22.0. The fourth-order valence-electron chi connectivity index (χ4n) is 4.92. The Balaban J connectivity index is 1.55. The summed E-state index contributed by atoms with van der Waals surface area (Å²) in [6.07, 6.45) is 1.34. The van der Waals surface area contributed by atoms with Gasteiger partial charge in [-0.1, -0.05) is 85.2 Å². The quantitative estimate of drug-likeness (QED) is 0.378. The number of Topliss-reactive ketones (excluding diaryl/α,β-unsaturated/α-hetero) is 1. The summed E-state index contributed by atoms with van der Waals surface area (Å²) in [7, 11) is 0. The van der Waals surface area contributed by atoms with Crippen LogP contribution in [-0.2, 0) is 10.2 Å². The van der Waals surface area contributed by atoms with Crippen molar-refractivity contribution in [1.82, 2.24) is 0 Å². The van der Waals surface area contributed by atoms with Gasteiger partial charge in [-0.05, 0) is 58.7 Å². The van der Waals surface area contributed by atoms with Crippen LogP contribution in [0, 0.1) is 0 Å². The number of fused-ring (bicyclic) bond motifs is 1. The molecule has 0 spiro atoms. The average molecular weight is 501 g/mol. The zero-order valence-electron chi connectivity index (χ0n) is 19.3. The first-order valence-electron chi connectivity index (χ1n) is 11.5. The van der Waals surface area contributed by atoms with Gasteiger partial charge in [0.1, 0.15) is 0 Å². The van der Waals surface area contributed by atoms with Gasteiger partial charge in [-0.15, -0.1) is 0 Å². The van der Waals surface area contributed by atoms with Crippen molar-refractivity contribution >= 4 is 33.1 Å². The van der Waals surface area contributed by atoms with Crippen molar-refractivity contribution in [3.63, 3.8) is 0 Å². The lowest BCUT2D eigenvalue weighted by Gasteiger charge is -2.30. The highest BCUT2D eigenvalue weighted by Gasteiger charge is 2.36. The van der Waals surface area contributed by atoms with E-state index in [2.05, 4.69) is 95.9 Å². The van der Waals surface area contributed by atoms with Crippen LogP contribution < -0.4 is 10.6 Å². The number of allylic oxidation sites excluding steroid dienone is 1. The number of para-hydroxylation sites is 2. The summed E-state index contributed by atoms with van der Waals surface area (Å²) >= 11 is 3.60. The van der Waals surface area contributed by atoms with Crippen molar-refractivity contribution in [1.29, 1.82) is 0 Å². The summed E-state index contributed by atoms with van der Waals surface area (Å²) < 4.78 is 1.01. The third kappa shape index (κ3) is 4.37. The molecule has 5 rings (SSSR count). The van der Waals surface area contributed by atoms with Crippen LogP contribution in [0.25, 0.3) is 0 Å². The molecule has 3 aromatic rings. The van der Waals surface area contributed by atoms with E-state index in [4.69, 9.17) is 0 Å². The number of rotatable bonds is 2. The van der Waals surface area contributed by atoms with Crippen LogP contribution in [0.2, 0.25) is 0 Å². The van der Waals surface area contributed by atoms with E-state index in [0.29, 0.717) is 6.42 Å². The molecule has 33 heavy (non-hydrogen) atoms. The van der Waals surface area contributed by atoms with Gasteiger partial charge in [0, 0.05) is 22.2 Å². The molecule has 0 aromatic heterocycles. The summed E-state index contributed by atoms with van der Waals surface area (Å²) in [4.78, 5) is 13.7. The lowest BCUT2D eigenvalue weighted by atomic mass is 9.77. The van der Waals surface area contributed by atoms with E-state index in [-0.39, 0.29) is 23.2 Å². The van der Waals surface area contributed by atoms with E-state index >= 15 is 0 Å². The van der Waals surface area contributed by atoms with Gasteiger partial charge in [0.05, 0.1) is 17.4 Å². The molecule has 0 saturated carbocycles. The van der Waals surface area contributed by atoms with Crippen LogP contribution in [0.4, 0.5) is 11.4 Å². The standard InChI is InChI=1S/C29H29BrN2O/c1-29(2,3)21-13-11-18(12-14-21)20-16-25-27(26(33)17-20)28(19-7-6-8-22(30)15-19)32-24-10-5-4-9-23(24)31-25/h4-15,20,28,31-32H,16-17H2,1-3H3. The van der Waals surface area contributed by atoms with Gasteiger partial charge in [-0.25, -0.2) is 0 Å². The Labute approximate surface area is 204 Å². The van der Waals surface area contributed by atoms with Gasteiger partial charge in [0.15, 0.2) is 5.78 Å². The summed E-state index contributed by atoms with van der Waals surface area (Å²) in [5.74, 6) is 0.380. The minimum atomic E-state index is -0.189. The maximum absolute atomic E-state index is 13.7.